The molecule has 1 aromatic carbocycles. The number of rotatable bonds is 1. The molecule has 2 heteroatoms. The lowest BCUT2D eigenvalue weighted by atomic mass is 9.82. The van der Waals surface area contributed by atoms with Gasteiger partial charge in [-0.3, -0.25) is 0 Å². The van der Waals surface area contributed by atoms with Crippen molar-refractivity contribution in [3.05, 3.63) is 35.2 Å². The van der Waals surface area contributed by atoms with Crippen LogP contribution in [0.3, 0.4) is 0 Å². The Morgan fingerprint density at radius 2 is 2.25 bits per heavy atom. The highest BCUT2D eigenvalue weighted by Gasteiger charge is 2.24. The third-order valence-electron chi connectivity index (χ3n) is 3.69. The first-order valence-electron chi connectivity index (χ1n) is 6.03. The second-order valence-corrected chi connectivity index (χ2v) is 5.68. The highest BCUT2D eigenvalue weighted by Crippen LogP contribution is 2.36. The molecule has 0 bridgehead atoms. The average molecular weight is 231 g/mol. The number of hydrogen-bond donors (Lipinski definition) is 1. The van der Waals surface area contributed by atoms with Crippen molar-refractivity contribution in [2.45, 2.75) is 19.3 Å². The largest absolute Gasteiger partial charge is 0.316 e. The van der Waals surface area contributed by atoms with Gasteiger partial charge in [0.25, 0.3) is 0 Å². The van der Waals surface area contributed by atoms with Crippen LogP contribution in [0.4, 0.5) is 0 Å². The molecule has 16 heavy (non-hydrogen) atoms. The number of thiophene rings is 1. The summed E-state index contributed by atoms with van der Waals surface area (Å²) in [4.78, 5) is 0. The van der Waals surface area contributed by atoms with Crippen LogP contribution in [0.5, 0.6) is 0 Å². The van der Waals surface area contributed by atoms with E-state index in [0.29, 0.717) is 0 Å². The molecule has 1 N–H and O–H groups in total. The topological polar surface area (TPSA) is 12.0 Å². The number of piperidine rings is 1. The minimum Gasteiger partial charge on any atom is -0.316 e. The van der Waals surface area contributed by atoms with Gasteiger partial charge in [0.2, 0.25) is 0 Å². The lowest BCUT2D eigenvalue weighted by Gasteiger charge is -2.30. The molecular weight excluding hydrogens is 214 g/mol. The van der Waals surface area contributed by atoms with Gasteiger partial charge in [-0.2, -0.15) is 0 Å². The predicted molar refractivity (Wildman–Crippen MR) is 71.2 cm³/mol. The summed E-state index contributed by atoms with van der Waals surface area (Å²) in [6.07, 6.45) is 1.28. The lowest BCUT2D eigenvalue weighted by Crippen LogP contribution is -2.33. The zero-order valence-corrected chi connectivity index (χ0v) is 10.4. The maximum Gasteiger partial charge on any atom is 0.0377 e. The van der Waals surface area contributed by atoms with Crippen LogP contribution in [-0.4, -0.2) is 13.1 Å². The molecule has 2 heterocycles. The molecule has 0 saturated carbocycles. The van der Waals surface area contributed by atoms with Crippen LogP contribution in [0.1, 0.15) is 24.8 Å². The Kier molecular flexibility index (Phi) is 2.70. The highest BCUT2D eigenvalue weighted by atomic mass is 32.1. The fourth-order valence-corrected chi connectivity index (χ4v) is 3.76. The summed E-state index contributed by atoms with van der Waals surface area (Å²) in [7, 11) is 0. The molecule has 0 radical (unpaired) electrons. The number of fused-ring (bicyclic) bond motifs is 1. The number of nitrogens with one attached hydrogen (secondary N) is 1. The Morgan fingerprint density at radius 3 is 3.12 bits per heavy atom. The molecular formula is C14H17NS. The first-order chi connectivity index (χ1) is 7.86. The summed E-state index contributed by atoms with van der Waals surface area (Å²) in [5.41, 5.74) is 1.57. The zero-order chi connectivity index (χ0) is 11.0. The molecule has 0 amide bonds. The molecule has 1 fully saturated rings. The summed E-state index contributed by atoms with van der Waals surface area (Å²) in [6, 6.07) is 8.99. The summed E-state index contributed by atoms with van der Waals surface area (Å²) in [6.45, 7) is 4.69. The van der Waals surface area contributed by atoms with Gasteiger partial charge < -0.3 is 5.32 Å². The van der Waals surface area contributed by atoms with E-state index in [1.54, 1.807) is 5.56 Å². The summed E-state index contributed by atoms with van der Waals surface area (Å²) in [5.74, 6) is 1.49. The molecule has 2 atom stereocenters. The molecule has 1 saturated heterocycles. The van der Waals surface area contributed by atoms with Crippen LogP contribution in [0, 0.1) is 5.92 Å². The molecule has 1 aliphatic heterocycles. The van der Waals surface area contributed by atoms with Gasteiger partial charge >= 0.3 is 0 Å². The van der Waals surface area contributed by atoms with Crippen LogP contribution in [0.15, 0.2) is 29.6 Å². The smallest absolute Gasteiger partial charge is 0.0377 e. The normalized spacial score (nSPS) is 26.1. The Labute approximate surface area is 100 Å². The van der Waals surface area contributed by atoms with Gasteiger partial charge in [0, 0.05) is 4.70 Å². The van der Waals surface area contributed by atoms with E-state index in [4.69, 9.17) is 0 Å². The Balaban J connectivity index is 2.07. The molecule has 3 rings (SSSR count). The van der Waals surface area contributed by atoms with E-state index in [-0.39, 0.29) is 0 Å². The van der Waals surface area contributed by atoms with Gasteiger partial charge in [-0.25, -0.2) is 0 Å². The van der Waals surface area contributed by atoms with Crippen molar-refractivity contribution in [3.8, 4) is 0 Å². The van der Waals surface area contributed by atoms with Gasteiger partial charge in [-0.05, 0) is 53.7 Å². The van der Waals surface area contributed by atoms with Crippen molar-refractivity contribution < 1.29 is 0 Å². The van der Waals surface area contributed by atoms with Crippen LogP contribution < -0.4 is 5.32 Å². The van der Waals surface area contributed by atoms with Crippen molar-refractivity contribution in [1.29, 1.82) is 0 Å². The van der Waals surface area contributed by atoms with Gasteiger partial charge in [0.15, 0.2) is 0 Å². The minimum atomic E-state index is 0.739. The SMILES string of the molecule is CC1CNCCC1c1cccc2ccsc12. The van der Waals surface area contributed by atoms with Crippen molar-refractivity contribution in [2.75, 3.05) is 13.1 Å². The molecule has 2 aromatic rings. The van der Waals surface area contributed by atoms with E-state index in [1.165, 1.54) is 16.5 Å². The van der Waals surface area contributed by atoms with Crippen LogP contribution in [-0.2, 0) is 0 Å². The zero-order valence-electron chi connectivity index (χ0n) is 9.57. The molecule has 1 aromatic heterocycles. The summed E-state index contributed by atoms with van der Waals surface area (Å²) < 4.78 is 1.50. The second-order valence-electron chi connectivity index (χ2n) is 4.76. The van der Waals surface area contributed by atoms with E-state index < -0.39 is 0 Å². The van der Waals surface area contributed by atoms with Gasteiger partial charge in [-0.15, -0.1) is 11.3 Å². The maximum absolute atomic E-state index is 3.48. The second kappa shape index (κ2) is 4.19. The van der Waals surface area contributed by atoms with Crippen molar-refractivity contribution >= 4 is 21.4 Å². The number of hydrogen-bond acceptors (Lipinski definition) is 2. The van der Waals surface area contributed by atoms with Crippen LogP contribution in [0.2, 0.25) is 0 Å². The summed E-state index contributed by atoms with van der Waals surface area (Å²) in [5, 5.41) is 7.10. The highest BCUT2D eigenvalue weighted by molar-refractivity contribution is 7.17. The fraction of sp³-hybridized carbons (Fsp3) is 0.429. The molecule has 1 nitrogen and oxygen atoms in total. The summed E-state index contributed by atoms with van der Waals surface area (Å²) >= 11 is 1.89. The fourth-order valence-electron chi connectivity index (χ4n) is 2.78. The molecule has 1 aliphatic rings. The van der Waals surface area contributed by atoms with Crippen molar-refractivity contribution in [2.24, 2.45) is 5.92 Å². The van der Waals surface area contributed by atoms with Gasteiger partial charge in [0.1, 0.15) is 0 Å². The van der Waals surface area contributed by atoms with E-state index in [2.05, 4.69) is 41.9 Å². The van der Waals surface area contributed by atoms with Crippen molar-refractivity contribution in [1.82, 2.24) is 5.32 Å². The maximum atomic E-state index is 3.48. The monoisotopic (exact) mass is 231 g/mol. The quantitative estimate of drug-likeness (QED) is 0.790. The third-order valence-corrected chi connectivity index (χ3v) is 4.67. The molecule has 0 aliphatic carbocycles. The molecule has 84 valence electrons. The first-order valence-corrected chi connectivity index (χ1v) is 6.91. The van der Waals surface area contributed by atoms with Gasteiger partial charge in [0.05, 0.1) is 0 Å². The predicted octanol–water partition coefficient (Wildman–Crippen LogP) is 3.61. The Bertz CT molecular complexity index is 488. The molecule has 0 spiro atoms. The standard InChI is InChI=1S/C14H17NS/c1-10-9-15-7-5-12(10)13-4-2-3-11-6-8-16-14(11)13/h2-4,6,8,10,12,15H,5,7,9H2,1H3. The van der Waals surface area contributed by atoms with E-state index in [0.717, 1.165) is 24.9 Å². The van der Waals surface area contributed by atoms with Crippen LogP contribution >= 0.6 is 11.3 Å². The van der Waals surface area contributed by atoms with Gasteiger partial charge in [-0.1, -0.05) is 25.1 Å². The van der Waals surface area contributed by atoms with Crippen LogP contribution in [0.25, 0.3) is 10.1 Å². The van der Waals surface area contributed by atoms with E-state index in [1.807, 2.05) is 11.3 Å². The van der Waals surface area contributed by atoms with E-state index >= 15 is 0 Å². The third kappa shape index (κ3) is 1.66. The number of benzene rings is 1. The Hall–Kier alpha value is -0.860. The molecule has 2 unspecified atom stereocenters. The minimum absolute atomic E-state index is 0.739. The van der Waals surface area contributed by atoms with Crippen molar-refractivity contribution in [3.63, 3.8) is 0 Å². The van der Waals surface area contributed by atoms with E-state index in [9.17, 15) is 0 Å². The Morgan fingerprint density at radius 1 is 1.31 bits per heavy atom. The first kappa shape index (κ1) is 10.3. The lowest BCUT2D eigenvalue weighted by molar-refractivity contribution is 0.351. The average Bonchev–Trinajstić information content (AvgIpc) is 2.77.